The molecule has 0 saturated heterocycles. The molecule has 9 nitrogen and oxygen atoms in total. The van der Waals surface area contributed by atoms with E-state index in [1.54, 1.807) is 5.57 Å². The van der Waals surface area contributed by atoms with E-state index >= 15 is 0 Å². The van der Waals surface area contributed by atoms with Gasteiger partial charge in [-0.1, -0.05) is 258 Å². The quantitative estimate of drug-likeness (QED) is 0.0679. The summed E-state index contributed by atoms with van der Waals surface area (Å²) < 4.78 is 31.6. The number of hydrogen-bond donors (Lipinski definition) is 5. The van der Waals surface area contributed by atoms with Gasteiger partial charge in [0.05, 0.1) is 18.3 Å². The first-order valence-corrected chi connectivity index (χ1v) is 42.6. The first-order valence-electron chi connectivity index (χ1n) is 34.2. The fourth-order valence-electron chi connectivity index (χ4n) is 11.8. The van der Waals surface area contributed by atoms with Crippen LogP contribution in [-0.4, -0.2) is 82.6 Å². The molecule has 93 heavy (non-hydrogen) atoms. The molecule has 0 aromatic carbocycles. The topological polar surface area (TPSA) is 195 Å². The number of alkyl halides is 4. The van der Waals surface area contributed by atoms with Gasteiger partial charge in [-0.2, -0.15) is 8.42 Å². The Balaban J connectivity index is -0.0000000879. The Morgan fingerprint density at radius 1 is 0.430 bits per heavy atom. The molecule has 9 rings (SSSR count). The zero-order chi connectivity index (χ0) is 66.5. The molecule has 7 N–H and O–H groups in total. The smallest absolute Gasteiger partial charge is 0.870 e. The summed E-state index contributed by atoms with van der Waals surface area (Å²) in [6.07, 6.45) is 62.3. The van der Waals surface area contributed by atoms with Crippen molar-refractivity contribution in [3.05, 3.63) is 23.8 Å². The Morgan fingerprint density at radius 3 is 0.839 bits per heavy atom. The summed E-state index contributed by atoms with van der Waals surface area (Å²) in [7, 11) is 3.56. The van der Waals surface area contributed by atoms with Gasteiger partial charge in [-0.15, -0.1) is 47.2 Å². The van der Waals surface area contributed by atoms with E-state index in [1.807, 2.05) is 20.8 Å². The predicted octanol–water partition coefficient (Wildman–Crippen LogP) is 22.1. The molecule has 4 atom stereocenters. The average Bonchev–Trinajstić information content (AvgIpc) is 1.71. The Morgan fingerprint density at radius 2 is 0.677 bits per heavy atom. The van der Waals surface area contributed by atoms with Crippen molar-refractivity contribution in [2.24, 2.45) is 28.1 Å². The molecule has 0 spiro atoms. The Bertz CT molecular complexity index is 1510. The van der Waals surface area contributed by atoms with Gasteiger partial charge in [0.1, 0.15) is 0 Å². The molecular formula is C72H147Br3Cl6Na2O9S. The van der Waals surface area contributed by atoms with E-state index in [0.717, 1.165) is 42.8 Å². The molecule has 9 aliphatic rings. The monoisotopic (exact) mass is 1680 g/mol. The summed E-state index contributed by atoms with van der Waals surface area (Å²) in [6, 6.07) is 0. The summed E-state index contributed by atoms with van der Waals surface area (Å²) in [5.41, 5.74) is 2.88. The zero-order valence-electron chi connectivity index (χ0n) is 60.3. The standard InChI is InChI=1S/C10H19Br.C10H20O.C10H18.2C6H11Cl.2C6H12O.C6H12.C6H10.C4H9Cl.2CH4.Br2.Cl2.ClH.2Na.H2O4S.2H2O/c2*1-10(2,3)8-6-4-5-7-9(8)11;1-10(2,3)9-7-5-4-6-8-9;4*7-6-4-2-1-3-5-6;2*1-2-4-6-5-3-1;1-4(2,3)5;;;2*1-2;;;;1-5(2,3)4;;/h8-9H,4-7H2,1-3H3;8-9,11H,4-7H2,1-3H3;7H,4-6,8H2,1-3H3;2*6H,1-5H2;2*6-7H,1-5H2;1-6H2;1-2H,3-6H2;1-3H3;2*1H4;;;1H;;;(H2,1,2,3,4);2*1H2/q;;;;;;;;;;;;;;;2*+1;;;/p-2. The maximum absolute atomic E-state index is 9.70. The number of allylic oxidation sites excluding steroid dienone is 4. The second kappa shape index (κ2) is 77.4. The van der Waals surface area contributed by atoms with Crippen molar-refractivity contribution in [1.82, 2.24) is 0 Å². The largest absolute Gasteiger partial charge is 1.00 e. The molecule has 9 aliphatic carbocycles. The molecule has 7 fully saturated rings. The van der Waals surface area contributed by atoms with E-state index in [1.165, 1.54) is 238 Å². The van der Waals surface area contributed by atoms with Crippen LogP contribution in [0.2, 0.25) is 0 Å². The molecule has 0 aliphatic heterocycles. The van der Waals surface area contributed by atoms with Gasteiger partial charge in [0.25, 0.3) is 0 Å². The number of aliphatic hydroxyl groups excluding tert-OH is 3. The number of hydrogen-bond acceptors (Lipinski definition) is 7. The van der Waals surface area contributed by atoms with Crippen LogP contribution in [-0.2, 0) is 10.4 Å². The number of rotatable bonds is 0. The third kappa shape index (κ3) is 92.4. The molecule has 21 heteroatoms. The second-order valence-electron chi connectivity index (χ2n) is 29.3. The van der Waals surface area contributed by atoms with Gasteiger partial charge in [0.2, 0.25) is 0 Å². The van der Waals surface area contributed by atoms with Gasteiger partial charge in [-0.3, -0.25) is 9.11 Å². The molecule has 0 aromatic rings. The minimum Gasteiger partial charge on any atom is -0.870 e. The first-order chi connectivity index (χ1) is 40.2. The van der Waals surface area contributed by atoms with Crippen molar-refractivity contribution >= 4 is 124 Å². The molecule has 4 unspecified atom stereocenters. The minimum absolute atomic E-state index is 0. The van der Waals surface area contributed by atoms with Gasteiger partial charge in [0.15, 0.2) is 0 Å². The van der Waals surface area contributed by atoms with Gasteiger partial charge >= 0.3 is 69.5 Å². The van der Waals surface area contributed by atoms with Crippen LogP contribution in [0, 0.1) is 28.1 Å². The number of halogens is 9. The molecule has 7 saturated carbocycles. The van der Waals surface area contributed by atoms with Crippen molar-refractivity contribution in [3.8, 4) is 0 Å². The van der Waals surface area contributed by atoms with Crippen LogP contribution in [0.4, 0.5) is 0 Å². The van der Waals surface area contributed by atoms with Crippen molar-refractivity contribution in [2.75, 3.05) is 0 Å². The Hall–Kier alpha value is 4.33. The van der Waals surface area contributed by atoms with E-state index in [2.05, 4.69) is 146 Å². The van der Waals surface area contributed by atoms with Crippen molar-refractivity contribution < 1.29 is 103 Å². The van der Waals surface area contributed by atoms with Crippen molar-refractivity contribution in [1.29, 1.82) is 0 Å². The van der Waals surface area contributed by atoms with E-state index in [4.69, 9.17) is 62.5 Å². The van der Waals surface area contributed by atoms with Crippen LogP contribution >= 0.6 is 113 Å². The third-order valence-corrected chi connectivity index (χ3v) is 18.7. The van der Waals surface area contributed by atoms with Crippen LogP contribution in [0.5, 0.6) is 0 Å². The predicted molar refractivity (Wildman–Crippen MR) is 420 cm³/mol. The molecule has 0 amide bonds. The third-order valence-electron chi connectivity index (χ3n) is 16.8. The number of aliphatic hydroxyl groups is 3. The van der Waals surface area contributed by atoms with E-state index in [0.29, 0.717) is 32.9 Å². The van der Waals surface area contributed by atoms with Gasteiger partial charge in [-0.05, 0) is 177 Å². The van der Waals surface area contributed by atoms with Gasteiger partial charge in [0, 0.05) is 70.4 Å². The first kappa shape index (κ1) is 121. The molecule has 0 radical (unpaired) electrons. The fraction of sp³-hybridized carbons (Fsp3) is 0.944. The van der Waals surface area contributed by atoms with Crippen LogP contribution < -0.4 is 59.1 Å². The van der Waals surface area contributed by atoms with E-state index < -0.39 is 10.4 Å². The molecule has 0 heterocycles. The van der Waals surface area contributed by atoms with Gasteiger partial charge in [-0.25, -0.2) is 0 Å². The average molecular weight is 1690 g/mol. The van der Waals surface area contributed by atoms with Crippen LogP contribution in [0.3, 0.4) is 0 Å². The Labute approximate surface area is 677 Å². The second-order valence-corrected chi connectivity index (χ2v) is 33.7. The molecule has 0 aromatic heterocycles. The maximum atomic E-state index is 9.70. The minimum atomic E-state index is -4.67. The SMILES string of the molecule is BrBr.C.C.C1=CCCCC1.C1CCCCC1.CC(C)(C)C1=CCCCC1.CC(C)(C)C1CCCCC1Br.CC(C)(C)C1CCCCC1O.CC(C)(C)Cl.Cl.ClC1CCCCC1.ClC1CCCCC1.ClCl.O=S(=O)(O)O.OC1CCCCC1.OC1CCCCC1.[Na+].[Na+].[OH-].[OH-]. The normalized spacial score (nSPS) is 22.1. The molecular weight excluding hydrogens is 1540 g/mol. The molecule has 560 valence electrons. The summed E-state index contributed by atoms with van der Waals surface area (Å²) in [5.74, 6) is 1.41. The molecule has 0 bridgehead atoms. The Kier molecular flexibility index (Phi) is 101. The van der Waals surface area contributed by atoms with Crippen LogP contribution in [0.1, 0.15) is 368 Å². The summed E-state index contributed by atoms with van der Waals surface area (Å²) in [4.78, 5) is 0.747. The summed E-state index contributed by atoms with van der Waals surface area (Å²) in [6.45, 7) is 26.5. The van der Waals surface area contributed by atoms with Crippen LogP contribution in [0.15, 0.2) is 23.8 Å². The van der Waals surface area contributed by atoms with Crippen molar-refractivity contribution in [3.63, 3.8) is 0 Å². The van der Waals surface area contributed by atoms with E-state index in [9.17, 15) is 5.11 Å². The van der Waals surface area contributed by atoms with E-state index in [-0.39, 0.29) is 121 Å². The zero-order valence-corrected chi connectivity index (χ0v) is 74.5. The maximum Gasteiger partial charge on any atom is 1.00 e. The van der Waals surface area contributed by atoms with Crippen molar-refractivity contribution in [2.45, 2.75) is 406 Å². The summed E-state index contributed by atoms with van der Waals surface area (Å²) >= 11 is 26.5. The fourth-order valence-corrected chi connectivity index (χ4v) is 13.8. The van der Waals surface area contributed by atoms with Crippen LogP contribution in [0.25, 0.3) is 0 Å². The van der Waals surface area contributed by atoms with Gasteiger partial charge < -0.3 is 26.3 Å². The summed E-state index contributed by atoms with van der Waals surface area (Å²) in [5, 5.41) is 28.5.